The Bertz CT molecular complexity index is 1160. The van der Waals surface area contributed by atoms with Gasteiger partial charge in [-0.3, -0.25) is 9.59 Å². The molecule has 3 heterocycles. The number of methoxy groups -OCH3 is 1. The van der Waals surface area contributed by atoms with Crippen molar-refractivity contribution in [3.8, 4) is 5.75 Å². The highest BCUT2D eigenvalue weighted by Crippen LogP contribution is 2.41. The van der Waals surface area contributed by atoms with Gasteiger partial charge in [-0.2, -0.15) is 0 Å². The van der Waals surface area contributed by atoms with Gasteiger partial charge >= 0.3 is 0 Å². The lowest BCUT2D eigenvalue weighted by molar-refractivity contribution is 0.0711. The number of carbonyl (C=O) groups is 2. The molecule has 0 bridgehead atoms. The SMILES string of the molecule is CNC(=O)c1cc(C2CC2)nc2onc(C3CCN(C(=O)c4ccc(OC)cc4)CC3)c12. The lowest BCUT2D eigenvalue weighted by atomic mass is 9.90. The number of fused-ring (bicyclic) bond motifs is 1. The average molecular weight is 434 g/mol. The maximum absolute atomic E-state index is 12.9. The summed E-state index contributed by atoms with van der Waals surface area (Å²) in [5.74, 6) is 1.09. The maximum atomic E-state index is 12.9. The van der Waals surface area contributed by atoms with Crippen LogP contribution in [0.2, 0.25) is 0 Å². The molecule has 32 heavy (non-hydrogen) atoms. The fraction of sp³-hybridized carbons (Fsp3) is 0.417. The van der Waals surface area contributed by atoms with Gasteiger partial charge in [-0.1, -0.05) is 5.16 Å². The van der Waals surface area contributed by atoms with Crippen molar-refractivity contribution in [1.82, 2.24) is 20.4 Å². The van der Waals surface area contributed by atoms with Crippen molar-refractivity contribution in [2.24, 2.45) is 0 Å². The molecule has 0 unspecified atom stereocenters. The summed E-state index contributed by atoms with van der Waals surface area (Å²) < 4.78 is 10.8. The largest absolute Gasteiger partial charge is 0.497 e. The van der Waals surface area contributed by atoms with Gasteiger partial charge in [0.15, 0.2) is 0 Å². The van der Waals surface area contributed by atoms with E-state index in [1.807, 2.05) is 11.0 Å². The highest BCUT2D eigenvalue weighted by atomic mass is 16.5. The van der Waals surface area contributed by atoms with E-state index in [9.17, 15) is 9.59 Å². The Morgan fingerprint density at radius 2 is 1.81 bits per heavy atom. The van der Waals surface area contributed by atoms with Crippen LogP contribution in [0.15, 0.2) is 34.9 Å². The molecule has 5 rings (SSSR count). The molecule has 1 aromatic carbocycles. The van der Waals surface area contributed by atoms with Gasteiger partial charge < -0.3 is 19.5 Å². The minimum atomic E-state index is -0.157. The van der Waals surface area contributed by atoms with E-state index in [1.54, 1.807) is 38.4 Å². The van der Waals surface area contributed by atoms with Crippen molar-refractivity contribution in [2.45, 2.75) is 37.5 Å². The average Bonchev–Trinajstić information content (AvgIpc) is 3.62. The van der Waals surface area contributed by atoms with Crippen LogP contribution in [-0.4, -0.2) is 54.1 Å². The number of nitrogens with zero attached hydrogens (tertiary/aromatic N) is 3. The van der Waals surface area contributed by atoms with E-state index in [0.717, 1.165) is 42.8 Å². The molecule has 0 atom stereocenters. The molecule has 1 aliphatic heterocycles. The summed E-state index contributed by atoms with van der Waals surface area (Å²) in [4.78, 5) is 32.0. The highest BCUT2D eigenvalue weighted by Gasteiger charge is 2.32. The molecule has 1 aliphatic carbocycles. The summed E-state index contributed by atoms with van der Waals surface area (Å²) in [6.45, 7) is 1.24. The van der Waals surface area contributed by atoms with E-state index in [-0.39, 0.29) is 17.7 Å². The Balaban J connectivity index is 1.36. The minimum Gasteiger partial charge on any atom is -0.497 e. The molecule has 166 valence electrons. The molecule has 8 nitrogen and oxygen atoms in total. The zero-order chi connectivity index (χ0) is 22.2. The number of pyridine rings is 1. The third-order valence-corrected chi connectivity index (χ3v) is 6.47. The van der Waals surface area contributed by atoms with E-state index in [4.69, 9.17) is 9.26 Å². The normalized spacial score (nSPS) is 16.9. The molecular formula is C24H26N4O4. The van der Waals surface area contributed by atoms with Gasteiger partial charge in [-0.15, -0.1) is 0 Å². The first-order valence-corrected chi connectivity index (χ1v) is 11.0. The van der Waals surface area contributed by atoms with Gasteiger partial charge in [0, 0.05) is 43.2 Å². The van der Waals surface area contributed by atoms with Gasteiger partial charge in [0.2, 0.25) is 0 Å². The monoisotopic (exact) mass is 434 g/mol. The van der Waals surface area contributed by atoms with Gasteiger partial charge in [-0.05, 0) is 56.0 Å². The molecule has 1 saturated carbocycles. The second-order valence-electron chi connectivity index (χ2n) is 8.49. The third-order valence-electron chi connectivity index (χ3n) is 6.47. The Morgan fingerprint density at radius 1 is 1.09 bits per heavy atom. The number of hydrogen-bond acceptors (Lipinski definition) is 6. The topological polar surface area (TPSA) is 97.6 Å². The smallest absolute Gasteiger partial charge is 0.259 e. The van der Waals surface area contributed by atoms with Crippen LogP contribution in [0, 0.1) is 0 Å². The molecule has 2 aliphatic rings. The number of hydrogen-bond donors (Lipinski definition) is 1. The molecule has 3 aromatic rings. The van der Waals surface area contributed by atoms with Gasteiger partial charge in [0.1, 0.15) is 5.75 Å². The number of nitrogens with one attached hydrogen (secondary N) is 1. The predicted octanol–water partition coefficient (Wildman–Crippen LogP) is 3.49. The van der Waals surface area contributed by atoms with Crippen molar-refractivity contribution in [2.75, 3.05) is 27.2 Å². The predicted molar refractivity (Wildman–Crippen MR) is 118 cm³/mol. The van der Waals surface area contributed by atoms with Gasteiger partial charge in [-0.25, -0.2) is 4.98 Å². The lowest BCUT2D eigenvalue weighted by Crippen LogP contribution is -2.38. The number of carbonyl (C=O) groups excluding carboxylic acids is 2. The number of amides is 2. The van der Waals surface area contributed by atoms with Gasteiger partial charge in [0.25, 0.3) is 17.5 Å². The van der Waals surface area contributed by atoms with E-state index in [1.165, 1.54) is 0 Å². The number of benzene rings is 1. The number of rotatable bonds is 5. The molecular weight excluding hydrogens is 408 g/mol. The molecule has 8 heteroatoms. The quantitative estimate of drug-likeness (QED) is 0.660. The van der Waals surface area contributed by atoms with Gasteiger partial charge in [0.05, 0.1) is 23.8 Å². The van der Waals surface area contributed by atoms with Crippen LogP contribution >= 0.6 is 0 Å². The molecule has 1 N–H and O–H groups in total. The Labute approximate surface area is 185 Å². The first-order chi connectivity index (χ1) is 15.6. The summed E-state index contributed by atoms with van der Waals surface area (Å²) in [5.41, 5.74) is 3.32. The van der Waals surface area contributed by atoms with E-state index < -0.39 is 0 Å². The van der Waals surface area contributed by atoms with Crippen LogP contribution in [-0.2, 0) is 0 Å². The van der Waals surface area contributed by atoms with E-state index >= 15 is 0 Å². The van der Waals surface area contributed by atoms with E-state index in [2.05, 4.69) is 15.5 Å². The molecule has 2 fully saturated rings. The second kappa shape index (κ2) is 8.26. The summed E-state index contributed by atoms with van der Waals surface area (Å²) >= 11 is 0. The highest BCUT2D eigenvalue weighted by molar-refractivity contribution is 6.06. The van der Waals surface area contributed by atoms with Crippen molar-refractivity contribution in [3.05, 3.63) is 52.8 Å². The minimum absolute atomic E-state index is 0.0119. The van der Waals surface area contributed by atoms with Crippen molar-refractivity contribution < 1.29 is 18.8 Å². The number of likely N-dealkylation sites (tertiary alicyclic amines) is 1. The summed E-state index contributed by atoms with van der Waals surface area (Å²) in [5, 5.41) is 7.76. The van der Waals surface area contributed by atoms with Crippen molar-refractivity contribution in [1.29, 1.82) is 0 Å². The number of piperidine rings is 1. The third kappa shape index (κ3) is 3.70. The zero-order valence-electron chi connectivity index (χ0n) is 18.3. The van der Waals surface area contributed by atoms with Crippen molar-refractivity contribution in [3.63, 3.8) is 0 Å². The van der Waals surface area contributed by atoms with Crippen LogP contribution < -0.4 is 10.1 Å². The second-order valence-corrected chi connectivity index (χ2v) is 8.49. The molecule has 2 aromatic heterocycles. The first kappa shape index (κ1) is 20.5. The summed E-state index contributed by atoms with van der Waals surface area (Å²) in [7, 11) is 3.23. The first-order valence-electron chi connectivity index (χ1n) is 11.0. The summed E-state index contributed by atoms with van der Waals surface area (Å²) in [6.07, 6.45) is 3.68. The van der Waals surface area contributed by atoms with Crippen LogP contribution in [0.3, 0.4) is 0 Å². The maximum Gasteiger partial charge on any atom is 0.259 e. The fourth-order valence-electron chi connectivity index (χ4n) is 4.45. The molecule has 0 spiro atoms. The van der Waals surface area contributed by atoms with Crippen LogP contribution in [0.25, 0.3) is 11.1 Å². The standard InChI is InChI=1S/C24H26N4O4/c1-25-22(29)18-13-19(14-3-4-14)26-23-20(18)21(27-32-23)15-9-11-28(12-10-15)24(30)16-5-7-17(31-2)8-6-16/h5-8,13-15H,3-4,9-12H2,1-2H3,(H,25,29). The summed E-state index contributed by atoms with van der Waals surface area (Å²) in [6, 6.07) is 9.06. The number of aromatic nitrogens is 2. The van der Waals surface area contributed by atoms with Crippen molar-refractivity contribution >= 4 is 22.9 Å². The van der Waals surface area contributed by atoms with Crippen LogP contribution in [0.4, 0.5) is 0 Å². The van der Waals surface area contributed by atoms with E-state index in [0.29, 0.717) is 41.2 Å². The fourth-order valence-corrected chi connectivity index (χ4v) is 4.45. The van der Waals surface area contributed by atoms with Crippen LogP contribution in [0.5, 0.6) is 5.75 Å². The van der Waals surface area contributed by atoms with Crippen LogP contribution in [0.1, 0.15) is 69.6 Å². The Kier molecular flexibility index (Phi) is 5.28. The lowest BCUT2D eigenvalue weighted by Gasteiger charge is -2.31. The zero-order valence-corrected chi connectivity index (χ0v) is 18.3. The molecule has 0 radical (unpaired) electrons. The Hall–Kier alpha value is -3.42. The number of ether oxygens (including phenoxy) is 1. The molecule has 2 amide bonds. The Morgan fingerprint density at radius 3 is 2.44 bits per heavy atom. The molecule has 1 saturated heterocycles.